The molecule has 2 heterocycles. The Kier molecular flexibility index (Phi) is 10.8. The third-order valence-electron chi connectivity index (χ3n) is 3.75. The topological polar surface area (TPSA) is 40.1 Å². The number of aliphatic imine (C=N–C) groups is 1. The number of hydrogen-bond donors (Lipinski definition) is 1. The van der Waals surface area contributed by atoms with Gasteiger partial charge in [0.1, 0.15) is 0 Å². The van der Waals surface area contributed by atoms with Gasteiger partial charge in [-0.2, -0.15) is 0 Å². The summed E-state index contributed by atoms with van der Waals surface area (Å²) in [5, 5.41) is 5.52. The average molecular weight is 452 g/mol. The van der Waals surface area contributed by atoms with E-state index in [1.165, 1.54) is 4.88 Å². The highest BCUT2D eigenvalue weighted by Crippen LogP contribution is 2.09. The zero-order valence-corrected chi connectivity index (χ0v) is 17.3. The first-order chi connectivity index (χ1) is 10.8. The first kappa shape index (κ1) is 20.7. The van der Waals surface area contributed by atoms with E-state index in [4.69, 9.17) is 9.73 Å². The fourth-order valence-electron chi connectivity index (χ4n) is 2.43. The van der Waals surface area contributed by atoms with Crippen LogP contribution in [0.4, 0.5) is 0 Å². The van der Waals surface area contributed by atoms with Crippen molar-refractivity contribution >= 4 is 41.3 Å². The summed E-state index contributed by atoms with van der Waals surface area (Å²) in [6, 6.07) is 4.31. The SMILES string of the molecule is CCNC(=NCCN1CCOCC1)N(C)CCc1cccs1.I. The quantitative estimate of drug-likeness (QED) is 0.391. The van der Waals surface area contributed by atoms with Crippen molar-refractivity contribution in [3.05, 3.63) is 22.4 Å². The third kappa shape index (κ3) is 7.82. The van der Waals surface area contributed by atoms with Gasteiger partial charge < -0.3 is 15.0 Å². The Balaban J connectivity index is 0.00000264. The Morgan fingerprint density at radius 1 is 1.43 bits per heavy atom. The first-order valence-electron chi connectivity index (χ1n) is 8.11. The van der Waals surface area contributed by atoms with Gasteiger partial charge in [-0.05, 0) is 24.8 Å². The van der Waals surface area contributed by atoms with Gasteiger partial charge in [-0.15, -0.1) is 35.3 Å². The van der Waals surface area contributed by atoms with Gasteiger partial charge in [-0.3, -0.25) is 9.89 Å². The van der Waals surface area contributed by atoms with Crippen LogP contribution in [0.25, 0.3) is 0 Å². The molecule has 0 aliphatic carbocycles. The van der Waals surface area contributed by atoms with Gasteiger partial charge in [0.15, 0.2) is 5.96 Å². The molecule has 1 aliphatic heterocycles. The summed E-state index contributed by atoms with van der Waals surface area (Å²) in [4.78, 5) is 10.8. The molecule has 0 aromatic carbocycles. The maximum absolute atomic E-state index is 5.37. The van der Waals surface area contributed by atoms with Crippen LogP contribution in [0, 0.1) is 0 Å². The van der Waals surface area contributed by atoms with Crippen molar-refractivity contribution in [1.29, 1.82) is 0 Å². The zero-order chi connectivity index (χ0) is 15.6. The summed E-state index contributed by atoms with van der Waals surface area (Å²) in [5.74, 6) is 1.01. The van der Waals surface area contributed by atoms with Crippen LogP contribution in [0.1, 0.15) is 11.8 Å². The summed E-state index contributed by atoms with van der Waals surface area (Å²) < 4.78 is 5.37. The highest BCUT2D eigenvalue weighted by atomic mass is 127. The molecule has 0 unspecified atom stereocenters. The lowest BCUT2D eigenvalue weighted by atomic mass is 10.3. The number of likely N-dealkylation sites (N-methyl/N-ethyl adjacent to an activating group) is 1. The van der Waals surface area contributed by atoms with Crippen molar-refractivity contribution in [3.63, 3.8) is 0 Å². The van der Waals surface area contributed by atoms with Crippen molar-refractivity contribution in [2.75, 3.05) is 59.5 Å². The molecule has 1 saturated heterocycles. The molecule has 1 N–H and O–H groups in total. The molecule has 0 saturated carbocycles. The lowest BCUT2D eigenvalue weighted by molar-refractivity contribution is 0.0394. The Bertz CT molecular complexity index is 435. The van der Waals surface area contributed by atoms with E-state index in [0.717, 1.165) is 64.9 Å². The van der Waals surface area contributed by atoms with Crippen LogP contribution < -0.4 is 5.32 Å². The number of guanidine groups is 1. The van der Waals surface area contributed by atoms with Crippen LogP contribution in [0.15, 0.2) is 22.5 Å². The number of rotatable bonds is 7. The Hall–Kier alpha value is -0.380. The first-order valence-corrected chi connectivity index (χ1v) is 8.99. The number of morpholine rings is 1. The molecule has 23 heavy (non-hydrogen) atoms. The molecule has 132 valence electrons. The number of nitrogens with one attached hydrogen (secondary N) is 1. The second kappa shape index (κ2) is 12.0. The van der Waals surface area contributed by atoms with E-state index in [0.29, 0.717) is 0 Å². The summed E-state index contributed by atoms with van der Waals surface area (Å²) in [6.45, 7) is 9.62. The Morgan fingerprint density at radius 3 is 2.87 bits per heavy atom. The molecule has 5 nitrogen and oxygen atoms in total. The Labute approximate surface area is 161 Å². The molecular formula is C16H29IN4OS. The molecule has 0 atom stereocenters. The van der Waals surface area contributed by atoms with Gasteiger partial charge in [-0.1, -0.05) is 6.07 Å². The molecule has 1 fully saturated rings. The van der Waals surface area contributed by atoms with Gasteiger partial charge >= 0.3 is 0 Å². The van der Waals surface area contributed by atoms with Crippen LogP contribution in [0.5, 0.6) is 0 Å². The molecule has 0 amide bonds. The molecule has 2 rings (SSSR count). The molecule has 1 aliphatic rings. The second-order valence-electron chi connectivity index (χ2n) is 5.44. The van der Waals surface area contributed by atoms with Gasteiger partial charge in [0.05, 0.1) is 19.8 Å². The summed E-state index contributed by atoms with van der Waals surface area (Å²) in [5.41, 5.74) is 0. The highest BCUT2D eigenvalue weighted by molar-refractivity contribution is 14.0. The molecule has 0 spiro atoms. The lowest BCUT2D eigenvalue weighted by Gasteiger charge is -2.26. The fourth-order valence-corrected chi connectivity index (χ4v) is 3.13. The van der Waals surface area contributed by atoms with Crippen LogP contribution in [-0.4, -0.2) is 75.3 Å². The van der Waals surface area contributed by atoms with Crippen LogP contribution in [0.2, 0.25) is 0 Å². The van der Waals surface area contributed by atoms with Gasteiger partial charge in [-0.25, -0.2) is 0 Å². The second-order valence-corrected chi connectivity index (χ2v) is 6.47. The van der Waals surface area contributed by atoms with Crippen molar-refractivity contribution < 1.29 is 4.74 Å². The smallest absolute Gasteiger partial charge is 0.193 e. The van der Waals surface area contributed by atoms with E-state index in [1.807, 2.05) is 11.3 Å². The van der Waals surface area contributed by atoms with E-state index in [1.54, 1.807) is 0 Å². The van der Waals surface area contributed by atoms with E-state index >= 15 is 0 Å². The van der Waals surface area contributed by atoms with Crippen molar-refractivity contribution in [3.8, 4) is 0 Å². The van der Waals surface area contributed by atoms with Gasteiger partial charge in [0.2, 0.25) is 0 Å². The predicted molar refractivity (Wildman–Crippen MR) is 109 cm³/mol. The van der Waals surface area contributed by atoms with E-state index in [2.05, 4.69) is 46.6 Å². The standard InChI is InChI=1S/C16H28N4OS.HI/c1-3-17-16(18-7-9-20-10-12-21-13-11-20)19(2)8-6-15-5-4-14-22-15;/h4-5,14H,3,6-13H2,1-2H3,(H,17,18);1H. The van der Waals surface area contributed by atoms with Crippen molar-refractivity contribution in [2.24, 2.45) is 4.99 Å². The van der Waals surface area contributed by atoms with Crippen LogP contribution >= 0.6 is 35.3 Å². The van der Waals surface area contributed by atoms with E-state index < -0.39 is 0 Å². The number of halogens is 1. The molecule has 0 radical (unpaired) electrons. The van der Waals surface area contributed by atoms with Crippen LogP contribution in [-0.2, 0) is 11.2 Å². The minimum Gasteiger partial charge on any atom is -0.379 e. The molecular weight excluding hydrogens is 423 g/mol. The van der Waals surface area contributed by atoms with E-state index in [9.17, 15) is 0 Å². The summed E-state index contributed by atoms with van der Waals surface area (Å²) in [7, 11) is 2.11. The Morgan fingerprint density at radius 2 is 2.22 bits per heavy atom. The largest absolute Gasteiger partial charge is 0.379 e. The minimum absolute atomic E-state index is 0. The van der Waals surface area contributed by atoms with Gasteiger partial charge in [0, 0.05) is 44.6 Å². The highest BCUT2D eigenvalue weighted by Gasteiger charge is 2.10. The number of ether oxygens (including phenoxy) is 1. The third-order valence-corrected chi connectivity index (χ3v) is 4.69. The normalized spacial score (nSPS) is 16.0. The number of nitrogens with zero attached hydrogens (tertiary/aromatic N) is 3. The molecule has 1 aromatic heterocycles. The fraction of sp³-hybridized carbons (Fsp3) is 0.688. The van der Waals surface area contributed by atoms with Crippen molar-refractivity contribution in [1.82, 2.24) is 15.1 Å². The zero-order valence-electron chi connectivity index (χ0n) is 14.2. The monoisotopic (exact) mass is 452 g/mol. The predicted octanol–water partition coefficient (Wildman–Crippen LogP) is 2.14. The maximum atomic E-state index is 5.37. The number of thiophene rings is 1. The van der Waals surface area contributed by atoms with Gasteiger partial charge in [0.25, 0.3) is 0 Å². The van der Waals surface area contributed by atoms with E-state index in [-0.39, 0.29) is 24.0 Å². The molecule has 7 heteroatoms. The summed E-state index contributed by atoms with van der Waals surface area (Å²) in [6.07, 6.45) is 1.07. The average Bonchev–Trinajstić information content (AvgIpc) is 3.06. The van der Waals surface area contributed by atoms with Crippen LogP contribution in [0.3, 0.4) is 0 Å². The molecule has 1 aromatic rings. The minimum atomic E-state index is 0. The van der Waals surface area contributed by atoms with Crippen molar-refractivity contribution in [2.45, 2.75) is 13.3 Å². The summed E-state index contributed by atoms with van der Waals surface area (Å²) >= 11 is 1.82. The molecule has 0 bridgehead atoms. The lowest BCUT2D eigenvalue weighted by Crippen LogP contribution is -2.41. The number of hydrogen-bond acceptors (Lipinski definition) is 4. The maximum Gasteiger partial charge on any atom is 0.193 e.